The minimum absolute atomic E-state index is 0.0133. The van der Waals surface area contributed by atoms with Crippen LogP contribution in [-0.4, -0.2) is 73.2 Å². The molecule has 3 amide bonds. The summed E-state index contributed by atoms with van der Waals surface area (Å²) in [5.74, 6) is -0.476. The molecule has 10 heteroatoms. The second-order valence-corrected chi connectivity index (χ2v) is 10.1. The Hall–Kier alpha value is -2.36. The summed E-state index contributed by atoms with van der Waals surface area (Å²) in [6.07, 6.45) is 4.62. The molecule has 0 bridgehead atoms. The Morgan fingerprint density at radius 3 is 2.31 bits per heavy atom. The van der Waals surface area contributed by atoms with Gasteiger partial charge in [0.05, 0.1) is 7.11 Å². The monoisotopic (exact) mass is 454 g/mol. The highest BCUT2D eigenvalue weighted by molar-refractivity contribution is 5.84. The van der Waals surface area contributed by atoms with E-state index >= 15 is 0 Å². The first-order valence-electron chi connectivity index (χ1n) is 11.3. The molecule has 182 valence electrons. The third-order valence-corrected chi connectivity index (χ3v) is 6.26. The number of hydrogen-bond donors (Lipinski definition) is 3. The van der Waals surface area contributed by atoms with Gasteiger partial charge >= 0.3 is 12.1 Å². The molecule has 32 heavy (non-hydrogen) atoms. The summed E-state index contributed by atoms with van der Waals surface area (Å²) in [5.41, 5.74) is 4.67. The zero-order chi connectivity index (χ0) is 24.0. The molecule has 0 unspecified atom stereocenters. The largest absolute Gasteiger partial charge is 0.468 e. The molecule has 4 N–H and O–H groups in total. The van der Waals surface area contributed by atoms with Crippen molar-refractivity contribution in [2.24, 2.45) is 11.1 Å². The number of alkyl carbamates (subject to hydrolysis) is 1. The maximum atomic E-state index is 12.9. The number of unbranched alkanes of at least 4 members (excludes halogenated alkanes) is 1. The van der Waals surface area contributed by atoms with Gasteiger partial charge in [-0.1, -0.05) is 0 Å². The molecule has 1 spiro atoms. The van der Waals surface area contributed by atoms with Crippen LogP contribution in [0, 0.1) is 5.41 Å². The number of nitrogens with two attached hydrogens (primary N) is 1. The van der Waals surface area contributed by atoms with Crippen LogP contribution in [0.15, 0.2) is 0 Å². The van der Waals surface area contributed by atoms with E-state index in [1.807, 2.05) is 0 Å². The molecule has 1 aliphatic carbocycles. The summed E-state index contributed by atoms with van der Waals surface area (Å²) >= 11 is 0. The highest BCUT2D eigenvalue weighted by atomic mass is 16.6. The average molecular weight is 455 g/mol. The highest BCUT2D eigenvalue weighted by Crippen LogP contribution is 2.54. The van der Waals surface area contributed by atoms with Gasteiger partial charge < -0.3 is 30.7 Å². The van der Waals surface area contributed by atoms with Gasteiger partial charge in [0.25, 0.3) is 0 Å². The van der Waals surface area contributed by atoms with Crippen molar-refractivity contribution in [3.63, 3.8) is 0 Å². The molecule has 0 radical (unpaired) electrons. The Kier molecular flexibility index (Phi) is 8.50. The summed E-state index contributed by atoms with van der Waals surface area (Å²) in [6.45, 7) is 6.98. The van der Waals surface area contributed by atoms with E-state index in [0.717, 1.165) is 12.8 Å². The second kappa shape index (κ2) is 10.5. The second-order valence-electron chi connectivity index (χ2n) is 10.1. The van der Waals surface area contributed by atoms with Gasteiger partial charge in [0, 0.05) is 19.6 Å². The van der Waals surface area contributed by atoms with Crippen molar-refractivity contribution in [3.05, 3.63) is 0 Å². The fraction of sp³-hybridized carbons (Fsp3) is 0.818. The van der Waals surface area contributed by atoms with Crippen LogP contribution in [-0.2, 0) is 23.9 Å². The molecular formula is C22H38N4O6. The zero-order valence-electron chi connectivity index (χ0n) is 19.7. The van der Waals surface area contributed by atoms with Crippen LogP contribution in [0.5, 0.6) is 0 Å². The van der Waals surface area contributed by atoms with Crippen molar-refractivity contribution in [1.82, 2.24) is 15.5 Å². The van der Waals surface area contributed by atoms with Crippen LogP contribution in [0.25, 0.3) is 0 Å². The number of methoxy groups -OCH3 is 1. The summed E-state index contributed by atoms with van der Waals surface area (Å²) in [7, 11) is 1.34. The van der Waals surface area contributed by atoms with Crippen LogP contribution >= 0.6 is 0 Å². The number of hydrogen-bond acceptors (Lipinski definition) is 7. The number of nitrogens with zero attached hydrogens (tertiary/aromatic N) is 1. The normalized spacial score (nSPS) is 20.0. The molecule has 0 aromatic heterocycles. The van der Waals surface area contributed by atoms with Crippen molar-refractivity contribution < 1.29 is 28.7 Å². The van der Waals surface area contributed by atoms with Gasteiger partial charge in [-0.25, -0.2) is 4.79 Å². The van der Waals surface area contributed by atoms with E-state index < -0.39 is 23.3 Å². The predicted octanol–water partition coefficient (Wildman–Crippen LogP) is 1.07. The van der Waals surface area contributed by atoms with Gasteiger partial charge in [-0.2, -0.15) is 0 Å². The Morgan fingerprint density at radius 2 is 1.78 bits per heavy atom. The topological polar surface area (TPSA) is 140 Å². The number of carbonyl (C=O) groups excluding carboxylic acids is 4. The summed E-state index contributed by atoms with van der Waals surface area (Å²) in [5, 5.41) is 5.32. The minimum Gasteiger partial charge on any atom is -0.468 e. The van der Waals surface area contributed by atoms with Gasteiger partial charge in [-0.15, -0.1) is 0 Å². The van der Waals surface area contributed by atoms with E-state index in [9.17, 15) is 19.2 Å². The first-order chi connectivity index (χ1) is 14.9. The van der Waals surface area contributed by atoms with E-state index in [1.54, 1.807) is 25.7 Å². The van der Waals surface area contributed by atoms with Crippen molar-refractivity contribution in [2.45, 2.75) is 82.9 Å². The number of rotatable bonds is 9. The third-order valence-electron chi connectivity index (χ3n) is 6.26. The molecular weight excluding hydrogens is 416 g/mol. The highest BCUT2D eigenvalue weighted by Gasteiger charge is 2.58. The van der Waals surface area contributed by atoms with Crippen molar-refractivity contribution >= 4 is 24.4 Å². The lowest BCUT2D eigenvalue weighted by Crippen LogP contribution is -2.65. The fourth-order valence-corrected chi connectivity index (χ4v) is 4.75. The zero-order valence-corrected chi connectivity index (χ0v) is 19.7. The van der Waals surface area contributed by atoms with Gasteiger partial charge in [0.2, 0.25) is 12.3 Å². The molecule has 10 nitrogen and oxygen atoms in total. The van der Waals surface area contributed by atoms with E-state index in [-0.39, 0.29) is 17.3 Å². The fourth-order valence-electron chi connectivity index (χ4n) is 4.75. The molecule has 2 aliphatic rings. The first kappa shape index (κ1) is 25.9. The Labute approximate surface area is 189 Å². The van der Waals surface area contributed by atoms with E-state index in [0.29, 0.717) is 58.1 Å². The van der Waals surface area contributed by atoms with E-state index in [4.69, 9.17) is 15.2 Å². The van der Waals surface area contributed by atoms with Crippen molar-refractivity contribution in [2.75, 3.05) is 26.7 Å². The Balaban J connectivity index is 1.74. The smallest absolute Gasteiger partial charge is 0.407 e. The molecule has 0 aromatic carbocycles. The molecule has 2 rings (SSSR count). The van der Waals surface area contributed by atoms with Crippen molar-refractivity contribution in [1.29, 1.82) is 0 Å². The van der Waals surface area contributed by atoms with Gasteiger partial charge in [-0.3, -0.25) is 14.4 Å². The van der Waals surface area contributed by atoms with Crippen LogP contribution in [0.3, 0.4) is 0 Å². The lowest BCUT2D eigenvalue weighted by molar-refractivity contribution is -0.161. The lowest BCUT2D eigenvalue weighted by Gasteiger charge is -2.56. The third kappa shape index (κ3) is 6.82. The molecule has 0 aromatic rings. The van der Waals surface area contributed by atoms with Crippen LogP contribution in [0.2, 0.25) is 0 Å². The summed E-state index contributed by atoms with van der Waals surface area (Å²) in [6, 6.07) is -0.590. The Bertz CT molecular complexity index is 689. The number of amides is 3. The molecule has 1 aliphatic heterocycles. The number of carbonyl (C=O) groups is 4. The molecule has 2 fully saturated rings. The number of esters is 1. The summed E-state index contributed by atoms with van der Waals surface area (Å²) < 4.78 is 9.98. The minimum atomic E-state index is -0.907. The van der Waals surface area contributed by atoms with Crippen molar-refractivity contribution in [3.8, 4) is 0 Å². The molecule has 1 saturated carbocycles. The van der Waals surface area contributed by atoms with Crippen LogP contribution in [0.4, 0.5) is 4.79 Å². The van der Waals surface area contributed by atoms with Gasteiger partial charge in [-0.05, 0) is 71.1 Å². The number of piperidine rings is 1. The maximum Gasteiger partial charge on any atom is 0.407 e. The Morgan fingerprint density at radius 1 is 1.16 bits per heavy atom. The van der Waals surface area contributed by atoms with Crippen LogP contribution < -0.4 is 16.4 Å². The van der Waals surface area contributed by atoms with E-state index in [2.05, 4.69) is 10.6 Å². The average Bonchev–Trinajstić information content (AvgIpc) is 2.69. The quantitative estimate of drug-likeness (QED) is 0.269. The number of nitrogens with one attached hydrogen (secondary N) is 2. The number of ether oxygens (including phenoxy) is 2. The van der Waals surface area contributed by atoms with Crippen LogP contribution in [0.1, 0.15) is 65.7 Å². The lowest BCUT2D eigenvalue weighted by atomic mass is 9.54. The molecule has 1 heterocycles. The standard InChI is InChI=1S/C22H38N4O6/c1-20(2,3)32-19(30)24-10-6-5-7-16(25-15-27)17(28)26-11-8-21(9-12-26)13-22(23,14-21)18(29)31-4/h15-16H,5-14,23H2,1-4H3,(H,24,30)(H,25,27)/t16-/m1/s1. The maximum absolute atomic E-state index is 12.9. The van der Waals surface area contributed by atoms with E-state index in [1.165, 1.54) is 7.11 Å². The van der Waals surface area contributed by atoms with Gasteiger partial charge in [0.15, 0.2) is 0 Å². The SMILES string of the molecule is COC(=O)C1(N)CC2(CCN(C(=O)[C@@H](CCCCNC(=O)OC(C)(C)C)NC=O)CC2)C1. The number of likely N-dealkylation sites (tertiary alicyclic amines) is 1. The predicted molar refractivity (Wildman–Crippen MR) is 117 cm³/mol. The first-order valence-corrected chi connectivity index (χ1v) is 11.3. The molecule has 1 saturated heterocycles. The summed E-state index contributed by atoms with van der Waals surface area (Å²) in [4.78, 5) is 49.2. The van der Waals surface area contributed by atoms with Gasteiger partial charge in [0.1, 0.15) is 17.2 Å². The molecule has 1 atom stereocenters.